The van der Waals surface area contributed by atoms with Gasteiger partial charge in [-0.15, -0.1) is 11.8 Å². The highest BCUT2D eigenvalue weighted by atomic mass is 32.2. The van der Waals surface area contributed by atoms with E-state index in [0.717, 1.165) is 17.0 Å². The third-order valence-corrected chi connectivity index (χ3v) is 4.01. The number of nitrogens with zero attached hydrogens (tertiary/aromatic N) is 1. The molecule has 0 saturated carbocycles. The Balaban J connectivity index is 1.67. The average Bonchev–Trinajstić information content (AvgIpc) is 2.93. The molecular formula is C16H14N2OS. The van der Waals surface area contributed by atoms with Crippen molar-refractivity contribution in [3.8, 4) is 11.3 Å². The summed E-state index contributed by atoms with van der Waals surface area (Å²) < 4.78 is 4.88. The Morgan fingerprint density at radius 2 is 1.75 bits per heavy atom. The van der Waals surface area contributed by atoms with Crippen LogP contribution in [-0.4, -0.2) is 5.16 Å². The number of anilines is 1. The van der Waals surface area contributed by atoms with Crippen LogP contribution < -0.4 is 5.73 Å². The van der Waals surface area contributed by atoms with E-state index in [9.17, 15) is 0 Å². The number of hydrogen-bond donors (Lipinski definition) is 1. The average molecular weight is 282 g/mol. The molecule has 0 spiro atoms. The minimum atomic E-state index is 0.336. The Morgan fingerprint density at radius 1 is 1.00 bits per heavy atom. The van der Waals surface area contributed by atoms with Gasteiger partial charge in [-0.3, -0.25) is 0 Å². The van der Waals surface area contributed by atoms with E-state index in [4.69, 9.17) is 10.3 Å². The van der Waals surface area contributed by atoms with Crippen LogP contribution in [0.25, 0.3) is 11.3 Å². The van der Waals surface area contributed by atoms with Crippen molar-refractivity contribution in [1.82, 2.24) is 5.16 Å². The van der Waals surface area contributed by atoms with Crippen LogP contribution in [0.3, 0.4) is 0 Å². The minimum absolute atomic E-state index is 0.336. The second kappa shape index (κ2) is 5.84. The summed E-state index contributed by atoms with van der Waals surface area (Å²) in [6.07, 6.45) is 0. The SMILES string of the molecule is Nc1cc(-c2ccc(SCc3ccccc3)cc2)no1. The van der Waals surface area contributed by atoms with Crippen LogP contribution in [-0.2, 0) is 5.75 Å². The highest BCUT2D eigenvalue weighted by Crippen LogP contribution is 2.26. The standard InChI is InChI=1S/C16H14N2OS/c17-16-10-15(18-19-16)13-6-8-14(9-7-13)20-11-12-4-2-1-3-5-12/h1-10H,11,17H2. The van der Waals surface area contributed by atoms with Crippen LogP contribution in [0.1, 0.15) is 5.56 Å². The van der Waals surface area contributed by atoms with Gasteiger partial charge < -0.3 is 10.3 Å². The van der Waals surface area contributed by atoms with Crippen LogP contribution in [0.15, 0.2) is 70.1 Å². The second-order valence-electron chi connectivity index (χ2n) is 4.41. The zero-order valence-corrected chi connectivity index (χ0v) is 11.6. The molecule has 0 aliphatic carbocycles. The molecule has 2 N–H and O–H groups in total. The number of aromatic nitrogens is 1. The number of rotatable bonds is 4. The van der Waals surface area contributed by atoms with Crippen LogP contribution in [0, 0.1) is 0 Å². The van der Waals surface area contributed by atoms with E-state index in [1.165, 1.54) is 10.5 Å². The molecule has 1 heterocycles. The third-order valence-electron chi connectivity index (χ3n) is 2.93. The summed E-state index contributed by atoms with van der Waals surface area (Å²) in [5.74, 6) is 1.31. The van der Waals surface area contributed by atoms with Crippen molar-refractivity contribution in [2.45, 2.75) is 10.6 Å². The van der Waals surface area contributed by atoms with E-state index in [-0.39, 0.29) is 0 Å². The Bertz CT molecular complexity index is 677. The number of hydrogen-bond acceptors (Lipinski definition) is 4. The number of nitrogen functional groups attached to an aromatic ring is 1. The van der Waals surface area contributed by atoms with Crippen molar-refractivity contribution in [3.05, 3.63) is 66.2 Å². The first-order chi connectivity index (χ1) is 9.81. The maximum Gasteiger partial charge on any atom is 0.222 e. The van der Waals surface area contributed by atoms with E-state index in [0.29, 0.717) is 5.88 Å². The zero-order chi connectivity index (χ0) is 13.8. The molecule has 0 fully saturated rings. The van der Waals surface area contributed by atoms with Gasteiger partial charge >= 0.3 is 0 Å². The molecule has 20 heavy (non-hydrogen) atoms. The van der Waals surface area contributed by atoms with Gasteiger partial charge in [-0.05, 0) is 17.7 Å². The van der Waals surface area contributed by atoms with E-state index in [2.05, 4.69) is 41.6 Å². The molecule has 4 heteroatoms. The lowest BCUT2D eigenvalue weighted by Crippen LogP contribution is -1.81. The summed E-state index contributed by atoms with van der Waals surface area (Å²) in [6.45, 7) is 0. The van der Waals surface area contributed by atoms with Gasteiger partial charge in [0.25, 0.3) is 0 Å². The summed E-state index contributed by atoms with van der Waals surface area (Å²) in [6, 6.07) is 20.4. The molecule has 0 amide bonds. The second-order valence-corrected chi connectivity index (χ2v) is 5.46. The molecule has 0 bridgehead atoms. The van der Waals surface area contributed by atoms with Gasteiger partial charge in [-0.25, -0.2) is 0 Å². The predicted molar refractivity (Wildman–Crippen MR) is 82.4 cm³/mol. The molecule has 3 rings (SSSR count). The molecular weight excluding hydrogens is 268 g/mol. The fraction of sp³-hybridized carbons (Fsp3) is 0.0625. The van der Waals surface area contributed by atoms with E-state index in [1.807, 2.05) is 30.0 Å². The summed E-state index contributed by atoms with van der Waals surface area (Å²) in [7, 11) is 0. The molecule has 3 aromatic rings. The molecule has 3 nitrogen and oxygen atoms in total. The van der Waals surface area contributed by atoms with E-state index in [1.54, 1.807) is 6.07 Å². The normalized spacial score (nSPS) is 10.6. The fourth-order valence-electron chi connectivity index (χ4n) is 1.89. The quantitative estimate of drug-likeness (QED) is 0.728. The zero-order valence-electron chi connectivity index (χ0n) is 10.8. The van der Waals surface area contributed by atoms with Gasteiger partial charge in [0.15, 0.2) is 0 Å². The lowest BCUT2D eigenvalue weighted by Gasteiger charge is -2.03. The summed E-state index contributed by atoms with van der Waals surface area (Å²) >= 11 is 1.81. The predicted octanol–water partition coefficient (Wildman–Crippen LogP) is 4.22. The van der Waals surface area contributed by atoms with Crippen molar-refractivity contribution < 1.29 is 4.52 Å². The van der Waals surface area contributed by atoms with Crippen molar-refractivity contribution >= 4 is 17.6 Å². The minimum Gasteiger partial charge on any atom is -0.368 e. The van der Waals surface area contributed by atoms with Crippen molar-refractivity contribution in [1.29, 1.82) is 0 Å². The van der Waals surface area contributed by atoms with Gasteiger partial charge in [-0.1, -0.05) is 47.6 Å². The Morgan fingerprint density at radius 3 is 2.40 bits per heavy atom. The molecule has 0 saturated heterocycles. The van der Waals surface area contributed by atoms with Crippen molar-refractivity contribution in [3.63, 3.8) is 0 Å². The van der Waals surface area contributed by atoms with E-state index >= 15 is 0 Å². The molecule has 0 aliphatic rings. The highest BCUT2D eigenvalue weighted by Gasteiger charge is 2.04. The van der Waals surface area contributed by atoms with Gasteiger partial charge in [-0.2, -0.15) is 0 Å². The summed E-state index contributed by atoms with van der Waals surface area (Å²) in [5.41, 5.74) is 8.62. The number of nitrogens with two attached hydrogens (primary N) is 1. The smallest absolute Gasteiger partial charge is 0.222 e. The van der Waals surface area contributed by atoms with Crippen LogP contribution in [0.5, 0.6) is 0 Å². The lowest BCUT2D eigenvalue weighted by atomic mass is 10.1. The molecule has 0 unspecified atom stereocenters. The molecule has 0 aliphatic heterocycles. The number of thioether (sulfide) groups is 1. The van der Waals surface area contributed by atoms with Crippen LogP contribution in [0.4, 0.5) is 5.88 Å². The number of benzene rings is 2. The molecule has 0 radical (unpaired) electrons. The van der Waals surface area contributed by atoms with Gasteiger partial charge in [0.2, 0.25) is 5.88 Å². The first-order valence-corrected chi connectivity index (χ1v) is 7.29. The summed E-state index contributed by atoms with van der Waals surface area (Å²) in [5, 5.41) is 3.90. The highest BCUT2D eigenvalue weighted by molar-refractivity contribution is 7.98. The molecule has 0 atom stereocenters. The maximum atomic E-state index is 5.52. The Kier molecular flexibility index (Phi) is 3.74. The molecule has 1 aromatic heterocycles. The Hall–Kier alpha value is -2.20. The molecule has 2 aromatic carbocycles. The van der Waals surface area contributed by atoms with Gasteiger partial charge in [0.05, 0.1) is 0 Å². The van der Waals surface area contributed by atoms with E-state index < -0.39 is 0 Å². The lowest BCUT2D eigenvalue weighted by molar-refractivity contribution is 0.439. The monoisotopic (exact) mass is 282 g/mol. The largest absolute Gasteiger partial charge is 0.368 e. The molecule has 100 valence electrons. The first-order valence-electron chi connectivity index (χ1n) is 6.30. The topological polar surface area (TPSA) is 52.0 Å². The van der Waals surface area contributed by atoms with Gasteiger partial charge in [0.1, 0.15) is 5.69 Å². The third kappa shape index (κ3) is 3.03. The first kappa shape index (κ1) is 12.8. The van der Waals surface area contributed by atoms with Crippen LogP contribution >= 0.6 is 11.8 Å². The maximum absolute atomic E-state index is 5.52. The summed E-state index contributed by atoms with van der Waals surface area (Å²) in [4.78, 5) is 1.23. The van der Waals surface area contributed by atoms with Crippen LogP contribution in [0.2, 0.25) is 0 Å². The van der Waals surface area contributed by atoms with Crippen molar-refractivity contribution in [2.75, 3.05) is 5.73 Å². The van der Waals surface area contributed by atoms with Gasteiger partial charge in [0, 0.05) is 22.3 Å². The Labute approximate surface area is 121 Å². The fourth-order valence-corrected chi connectivity index (χ4v) is 2.74. The van der Waals surface area contributed by atoms with Crippen molar-refractivity contribution in [2.24, 2.45) is 0 Å².